The van der Waals surface area contributed by atoms with Crippen LogP contribution in [0.25, 0.3) is 0 Å². The van der Waals surface area contributed by atoms with Crippen LogP contribution in [0.4, 0.5) is 4.79 Å². The number of amides is 3. The van der Waals surface area contributed by atoms with Crippen LogP contribution in [0.1, 0.15) is 25.2 Å². The van der Waals surface area contributed by atoms with Gasteiger partial charge < -0.3 is 9.88 Å². The molecule has 1 aromatic heterocycles. The molecule has 0 bridgehead atoms. The molecule has 0 saturated carbocycles. The highest BCUT2D eigenvalue weighted by atomic mass is 32.2. The van der Waals surface area contributed by atoms with E-state index in [-0.39, 0.29) is 5.91 Å². The molecule has 0 aliphatic rings. The van der Waals surface area contributed by atoms with Crippen LogP contribution in [0, 0.1) is 0 Å². The Labute approximate surface area is 145 Å². The number of urea groups is 1. The fourth-order valence-electron chi connectivity index (χ4n) is 2.12. The highest BCUT2D eigenvalue weighted by molar-refractivity contribution is 8.00. The first kappa shape index (κ1) is 18.0. The molecular weight excluding hydrogens is 326 g/mol. The highest BCUT2D eigenvalue weighted by Crippen LogP contribution is 2.23. The predicted octanol–water partition coefficient (Wildman–Crippen LogP) is 1.82. The fraction of sp³-hybridized carbons (Fsp3) is 0.375. The van der Waals surface area contributed by atoms with E-state index in [4.69, 9.17) is 0 Å². The van der Waals surface area contributed by atoms with Gasteiger partial charge in [-0.2, -0.15) is 0 Å². The van der Waals surface area contributed by atoms with E-state index in [1.54, 1.807) is 6.92 Å². The van der Waals surface area contributed by atoms with Crippen molar-refractivity contribution in [1.29, 1.82) is 0 Å². The summed E-state index contributed by atoms with van der Waals surface area (Å²) in [6.07, 6.45) is 0.682. The van der Waals surface area contributed by atoms with Gasteiger partial charge in [0.1, 0.15) is 5.82 Å². The number of carbonyl (C=O) groups is 2. The van der Waals surface area contributed by atoms with Gasteiger partial charge in [0.25, 0.3) is 0 Å². The van der Waals surface area contributed by atoms with Crippen molar-refractivity contribution in [3.63, 3.8) is 0 Å². The second kappa shape index (κ2) is 8.49. The van der Waals surface area contributed by atoms with Crippen molar-refractivity contribution in [3.05, 3.63) is 41.7 Å². The number of rotatable bonds is 6. The molecule has 3 amide bonds. The van der Waals surface area contributed by atoms with E-state index < -0.39 is 11.3 Å². The lowest BCUT2D eigenvalue weighted by Gasteiger charge is -2.12. The van der Waals surface area contributed by atoms with Crippen molar-refractivity contribution in [2.75, 3.05) is 7.05 Å². The van der Waals surface area contributed by atoms with Crippen LogP contribution < -0.4 is 10.6 Å². The average molecular weight is 347 g/mol. The summed E-state index contributed by atoms with van der Waals surface area (Å²) in [5.41, 5.74) is 1.15. The van der Waals surface area contributed by atoms with Crippen LogP contribution in [0.5, 0.6) is 0 Å². The molecule has 1 heterocycles. The van der Waals surface area contributed by atoms with Gasteiger partial charge in [-0.1, -0.05) is 42.1 Å². The fourth-order valence-corrected chi connectivity index (χ4v) is 3.05. The first-order valence-electron chi connectivity index (χ1n) is 7.70. The van der Waals surface area contributed by atoms with E-state index in [1.165, 1.54) is 18.8 Å². The minimum Gasteiger partial charge on any atom is -0.341 e. The maximum atomic E-state index is 12.0. The van der Waals surface area contributed by atoms with Gasteiger partial charge in [0.15, 0.2) is 5.16 Å². The second-order valence-electron chi connectivity index (χ2n) is 5.13. The van der Waals surface area contributed by atoms with Crippen LogP contribution in [-0.2, 0) is 17.8 Å². The number of nitrogens with zero attached hydrogens (tertiary/aromatic N) is 3. The Kier molecular flexibility index (Phi) is 6.36. The molecule has 2 aromatic rings. The summed E-state index contributed by atoms with van der Waals surface area (Å²) in [5.74, 6) is 0.486. The van der Waals surface area contributed by atoms with Crippen molar-refractivity contribution in [3.8, 4) is 0 Å². The lowest BCUT2D eigenvalue weighted by Crippen LogP contribution is -2.41. The Hall–Kier alpha value is -2.35. The van der Waals surface area contributed by atoms with Gasteiger partial charge >= 0.3 is 6.03 Å². The molecule has 0 radical (unpaired) electrons. The first-order chi connectivity index (χ1) is 11.5. The van der Waals surface area contributed by atoms with Crippen LogP contribution >= 0.6 is 11.8 Å². The van der Waals surface area contributed by atoms with Crippen molar-refractivity contribution >= 4 is 23.7 Å². The van der Waals surface area contributed by atoms with E-state index in [9.17, 15) is 9.59 Å². The minimum atomic E-state index is -0.519. The Morgan fingerprint density at radius 2 is 1.96 bits per heavy atom. The quantitative estimate of drug-likeness (QED) is 0.778. The van der Waals surface area contributed by atoms with Gasteiger partial charge in [-0.25, -0.2) is 4.79 Å². The molecule has 24 heavy (non-hydrogen) atoms. The molecule has 0 aliphatic heterocycles. The maximum Gasteiger partial charge on any atom is 0.321 e. The van der Waals surface area contributed by atoms with E-state index >= 15 is 0 Å². The summed E-state index contributed by atoms with van der Waals surface area (Å²) in [6.45, 7) is 4.45. The number of imide groups is 1. The summed E-state index contributed by atoms with van der Waals surface area (Å²) in [7, 11) is 1.46. The molecule has 2 N–H and O–H groups in total. The lowest BCUT2D eigenvalue weighted by atomic mass is 10.1. The van der Waals surface area contributed by atoms with E-state index in [0.717, 1.165) is 11.4 Å². The molecule has 0 saturated heterocycles. The lowest BCUT2D eigenvalue weighted by molar-refractivity contribution is -0.119. The molecule has 128 valence electrons. The van der Waals surface area contributed by atoms with Gasteiger partial charge in [0.2, 0.25) is 5.91 Å². The molecule has 1 atom stereocenters. The zero-order valence-corrected chi connectivity index (χ0v) is 14.8. The largest absolute Gasteiger partial charge is 0.341 e. The second-order valence-corrected chi connectivity index (χ2v) is 6.44. The van der Waals surface area contributed by atoms with Crippen LogP contribution in [-0.4, -0.2) is 39.0 Å². The third-order valence-electron chi connectivity index (χ3n) is 3.43. The van der Waals surface area contributed by atoms with Crippen molar-refractivity contribution in [2.24, 2.45) is 0 Å². The standard InChI is InChI=1S/C16H21N5O2S/c1-4-21-13(10-12-8-6-5-7-9-12)19-20-16(21)24-11(2)14(22)18-15(23)17-3/h5-9,11H,4,10H2,1-3H3,(H2,17,18,22,23)/t11-/m0/s1. The monoisotopic (exact) mass is 347 g/mol. The molecule has 0 aliphatic carbocycles. The maximum absolute atomic E-state index is 12.0. The molecule has 2 rings (SSSR count). The Morgan fingerprint density at radius 3 is 2.58 bits per heavy atom. The van der Waals surface area contributed by atoms with Crippen molar-refractivity contribution in [1.82, 2.24) is 25.4 Å². The summed E-state index contributed by atoms with van der Waals surface area (Å²) in [4.78, 5) is 23.2. The number of nitrogens with one attached hydrogen (secondary N) is 2. The molecule has 7 nitrogen and oxygen atoms in total. The van der Waals surface area contributed by atoms with E-state index in [0.29, 0.717) is 18.1 Å². The predicted molar refractivity (Wildman–Crippen MR) is 92.9 cm³/mol. The molecule has 0 fully saturated rings. The number of aromatic nitrogens is 3. The zero-order valence-electron chi connectivity index (χ0n) is 13.9. The van der Waals surface area contributed by atoms with Crippen LogP contribution in [0.3, 0.4) is 0 Å². The summed E-state index contributed by atoms with van der Waals surface area (Å²) < 4.78 is 1.99. The van der Waals surface area contributed by atoms with Gasteiger partial charge in [-0.15, -0.1) is 10.2 Å². The van der Waals surface area contributed by atoms with Crippen LogP contribution in [0.15, 0.2) is 35.5 Å². The van der Waals surface area contributed by atoms with Crippen molar-refractivity contribution < 1.29 is 9.59 Å². The van der Waals surface area contributed by atoms with E-state index in [2.05, 4.69) is 20.8 Å². The third-order valence-corrected chi connectivity index (χ3v) is 4.51. The van der Waals surface area contributed by atoms with Gasteiger partial charge in [-0.3, -0.25) is 10.1 Å². The number of thioether (sulfide) groups is 1. The smallest absolute Gasteiger partial charge is 0.321 e. The van der Waals surface area contributed by atoms with Crippen LogP contribution in [0.2, 0.25) is 0 Å². The summed E-state index contributed by atoms with van der Waals surface area (Å²) >= 11 is 1.28. The van der Waals surface area contributed by atoms with Gasteiger partial charge in [0.05, 0.1) is 5.25 Å². The van der Waals surface area contributed by atoms with Gasteiger partial charge in [0, 0.05) is 20.0 Å². The molecule has 8 heteroatoms. The average Bonchev–Trinajstić information content (AvgIpc) is 2.96. The zero-order chi connectivity index (χ0) is 17.5. The highest BCUT2D eigenvalue weighted by Gasteiger charge is 2.20. The van der Waals surface area contributed by atoms with E-state index in [1.807, 2.05) is 41.8 Å². The summed E-state index contributed by atoms with van der Waals surface area (Å²) in [5, 5.41) is 13.3. The number of benzene rings is 1. The Morgan fingerprint density at radius 1 is 1.25 bits per heavy atom. The van der Waals surface area contributed by atoms with Crippen molar-refractivity contribution in [2.45, 2.75) is 37.2 Å². The number of hydrogen-bond acceptors (Lipinski definition) is 5. The molecule has 1 aromatic carbocycles. The first-order valence-corrected chi connectivity index (χ1v) is 8.58. The summed E-state index contributed by atoms with van der Waals surface area (Å²) in [6, 6.07) is 9.52. The molecule has 0 unspecified atom stereocenters. The normalized spacial score (nSPS) is 11.8. The minimum absolute atomic E-state index is 0.366. The Balaban J connectivity index is 2.08. The topological polar surface area (TPSA) is 88.9 Å². The Bertz CT molecular complexity index is 702. The SMILES string of the molecule is CCn1c(Cc2ccccc2)nnc1S[C@@H](C)C(=O)NC(=O)NC. The number of carbonyl (C=O) groups excluding carboxylic acids is 2. The third kappa shape index (κ3) is 4.58. The van der Waals surface area contributed by atoms with Gasteiger partial charge in [-0.05, 0) is 19.4 Å². The molecule has 0 spiro atoms. The molecular formula is C16H21N5O2S. The number of hydrogen-bond donors (Lipinski definition) is 2.